The summed E-state index contributed by atoms with van der Waals surface area (Å²) in [5, 5.41) is 0. The standard InChI is InChI=1S/C21H26N2O2/c1-14-9-11-21(12-10-14)18-17(16-8-5-13-22(16)21)19(24)23(20(18)25)15-6-3-2-4-7-15/h2-4,6-7,14,16-18H,5,8-13H2,1H3/t14?,16-,17-,18-,21?/m0/s1. The lowest BCUT2D eigenvalue weighted by atomic mass is 9.68. The molecular weight excluding hydrogens is 312 g/mol. The maximum Gasteiger partial charge on any atom is 0.239 e. The smallest absolute Gasteiger partial charge is 0.239 e. The minimum absolute atomic E-state index is 0.0496. The molecule has 3 saturated heterocycles. The van der Waals surface area contributed by atoms with Gasteiger partial charge in [0.15, 0.2) is 0 Å². The number of carbonyl (C=O) groups is 2. The van der Waals surface area contributed by atoms with E-state index in [9.17, 15) is 9.59 Å². The predicted octanol–water partition coefficient (Wildman–Crippen LogP) is 3.22. The summed E-state index contributed by atoms with van der Waals surface area (Å²) in [6.07, 6.45) is 6.75. The first-order valence-electron chi connectivity index (χ1n) is 9.83. The first-order valence-corrected chi connectivity index (χ1v) is 9.83. The Morgan fingerprint density at radius 3 is 2.44 bits per heavy atom. The van der Waals surface area contributed by atoms with Crippen LogP contribution in [0.4, 0.5) is 5.69 Å². The van der Waals surface area contributed by atoms with Gasteiger partial charge in [-0.15, -0.1) is 0 Å². The average molecular weight is 338 g/mol. The van der Waals surface area contributed by atoms with E-state index in [0.717, 1.165) is 43.8 Å². The molecule has 2 amide bonds. The second-order valence-corrected chi connectivity index (χ2v) is 8.54. The van der Waals surface area contributed by atoms with Crippen molar-refractivity contribution in [1.29, 1.82) is 0 Å². The maximum absolute atomic E-state index is 13.5. The first-order chi connectivity index (χ1) is 12.1. The van der Waals surface area contributed by atoms with Crippen LogP contribution in [-0.4, -0.2) is 34.8 Å². The molecule has 0 unspecified atom stereocenters. The number of rotatable bonds is 1. The van der Waals surface area contributed by atoms with Crippen LogP contribution in [-0.2, 0) is 9.59 Å². The van der Waals surface area contributed by atoms with Crippen molar-refractivity contribution < 1.29 is 9.59 Å². The summed E-state index contributed by atoms with van der Waals surface area (Å²) in [6.45, 7) is 3.39. The van der Waals surface area contributed by atoms with Gasteiger partial charge in [-0.3, -0.25) is 14.5 Å². The highest BCUT2D eigenvalue weighted by Crippen LogP contribution is 2.58. The second kappa shape index (κ2) is 5.41. The number of nitrogens with zero attached hydrogens (tertiary/aromatic N) is 2. The van der Waals surface area contributed by atoms with Crippen LogP contribution in [0.15, 0.2) is 30.3 Å². The summed E-state index contributed by atoms with van der Waals surface area (Å²) in [5.74, 6) is 0.600. The van der Waals surface area contributed by atoms with Crippen molar-refractivity contribution in [2.24, 2.45) is 17.8 Å². The van der Waals surface area contributed by atoms with E-state index in [1.807, 2.05) is 30.3 Å². The van der Waals surface area contributed by atoms with Crippen molar-refractivity contribution in [3.8, 4) is 0 Å². The van der Waals surface area contributed by atoms with Gasteiger partial charge in [-0.25, -0.2) is 4.90 Å². The van der Waals surface area contributed by atoms with E-state index in [1.54, 1.807) is 0 Å². The molecule has 5 rings (SSSR count). The fraction of sp³-hybridized carbons (Fsp3) is 0.619. The maximum atomic E-state index is 13.5. The van der Waals surface area contributed by atoms with Gasteiger partial charge < -0.3 is 0 Å². The van der Waals surface area contributed by atoms with Crippen LogP contribution in [0, 0.1) is 17.8 Å². The Morgan fingerprint density at radius 2 is 1.72 bits per heavy atom. The highest BCUT2D eigenvalue weighted by atomic mass is 16.2. The minimum atomic E-state index is -0.127. The van der Waals surface area contributed by atoms with Crippen molar-refractivity contribution >= 4 is 17.5 Å². The summed E-state index contributed by atoms with van der Waals surface area (Å²) in [4.78, 5) is 30.9. The normalized spacial score (nSPS) is 40.8. The van der Waals surface area contributed by atoms with E-state index < -0.39 is 0 Å². The molecule has 3 atom stereocenters. The van der Waals surface area contributed by atoms with Gasteiger partial charge in [0.05, 0.1) is 17.5 Å². The Kier molecular flexibility index (Phi) is 3.37. The van der Waals surface area contributed by atoms with Gasteiger partial charge in [0, 0.05) is 11.6 Å². The monoisotopic (exact) mass is 338 g/mol. The molecule has 0 radical (unpaired) electrons. The Bertz CT molecular complexity index is 708. The van der Waals surface area contributed by atoms with E-state index in [2.05, 4.69) is 11.8 Å². The third-order valence-corrected chi connectivity index (χ3v) is 7.37. The molecule has 4 nitrogen and oxygen atoms in total. The minimum Gasteiger partial charge on any atom is -0.293 e. The number of hydrogen-bond donors (Lipinski definition) is 0. The van der Waals surface area contributed by atoms with Crippen LogP contribution >= 0.6 is 0 Å². The molecule has 3 heterocycles. The molecule has 3 aliphatic heterocycles. The van der Waals surface area contributed by atoms with Crippen LogP contribution in [0.25, 0.3) is 0 Å². The van der Waals surface area contributed by atoms with Crippen molar-refractivity contribution in [3.05, 3.63) is 30.3 Å². The Balaban J connectivity index is 1.58. The molecule has 1 spiro atoms. The predicted molar refractivity (Wildman–Crippen MR) is 96.0 cm³/mol. The zero-order chi connectivity index (χ0) is 17.2. The Labute approximate surface area is 149 Å². The van der Waals surface area contributed by atoms with E-state index >= 15 is 0 Å². The topological polar surface area (TPSA) is 40.6 Å². The van der Waals surface area contributed by atoms with E-state index in [1.165, 1.54) is 17.7 Å². The summed E-state index contributed by atoms with van der Waals surface area (Å²) < 4.78 is 0. The lowest BCUT2D eigenvalue weighted by Gasteiger charge is -2.46. The quantitative estimate of drug-likeness (QED) is 0.738. The lowest BCUT2D eigenvalue weighted by Crippen LogP contribution is -2.54. The molecule has 0 bridgehead atoms. The SMILES string of the molecule is CC1CCC2(CC1)[C@@H]1C(=O)N(c3ccccc3)C(=O)[C@H]1[C@@H]1CCCN12. The molecule has 132 valence electrons. The van der Waals surface area contributed by atoms with E-state index in [-0.39, 0.29) is 35.2 Å². The van der Waals surface area contributed by atoms with Gasteiger partial charge in [0.2, 0.25) is 11.8 Å². The second-order valence-electron chi connectivity index (χ2n) is 8.54. The van der Waals surface area contributed by atoms with Crippen molar-refractivity contribution in [3.63, 3.8) is 0 Å². The fourth-order valence-corrected chi connectivity index (χ4v) is 6.23. The molecule has 1 aliphatic carbocycles. The average Bonchev–Trinajstić information content (AvgIpc) is 3.26. The third kappa shape index (κ3) is 1.97. The van der Waals surface area contributed by atoms with Crippen LogP contribution in [0.5, 0.6) is 0 Å². The van der Waals surface area contributed by atoms with Gasteiger partial charge in [0.25, 0.3) is 0 Å². The summed E-state index contributed by atoms with van der Waals surface area (Å²) in [6, 6.07) is 9.80. The van der Waals surface area contributed by atoms with Gasteiger partial charge in [-0.05, 0) is 63.1 Å². The van der Waals surface area contributed by atoms with Crippen LogP contribution in [0.1, 0.15) is 45.4 Å². The molecule has 0 aromatic heterocycles. The lowest BCUT2D eigenvalue weighted by molar-refractivity contribution is -0.125. The number of para-hydroxylation sites is 1. The number of benzene rings is 1. The van der Waals surface area contributed by atoms with E-state index in [4.69, 9.17) is 0 Å². The summed E-state index contributed by atoms with van der Waals surface area (Å²) in [5.41, 5.74) is 0.685. The molecule has 4 heteroatoms. The number of carbonyl (C=O) groups excluding carboxylic acids is 2. The molecule has 1 saturated carbocycles. The van der Waals surface area contributed by atoms with Crippen molar-refractivity contribution in [1.82, 2.24) is 4.90 Å². The molecule has 1 aromatic carbocycles. The van der Waals surface area contributed by atoms with Crippen LogP contribution in [0.3, 0.4) is 0 Å². The highest BCUT2D eigenvalue weighted by molar-refractivity contribution is 6.23. The Morgan fingerprint density at radius 1 is 1.00 bits per heavy atom. The van der Waals surface area contributed by atoms with Crippen LogP contribution in [0.2, 0.25) is 0 Å². The van der Waals surface area contributed by atoms with Gasteiger partial charge in [-0.2, -0.15) is 0 Å². The van der Waals surface area contributed by atoms with Crippen LogP contribution < -0.4 is 4.90 Å². The summed E-state index contributed by atoms with van der Waals surface area (Å²) in [7, 11) is 0. The van der Waals surface area contributed by atoms with Gasteiger partial charge in [-0.1, -0.05) is 25.1 Å². The molecule has 0 N–H and O–H groups in total. The van der Waals surface area contributed by atoms with Gasteiger partial charge in [0.1, 0.15) is 0 Å². The zero-order valence-corrected chi connectivity index (χ0v) is 14.9. The number of fused-ring (bicyclic) bond motifs is 5. The largest absolute Gasteiger partial charge is 0.293 e. The number of amides is 2. The zero-order valence-electron chi connectivity index (χ0n) is 14.9. The summed E-state index contributed by atoms with van der Waals surface area (Å²) >= 11 is 0. The number of anilines is 1. The first kappa shape index (κ1) is 15.6. The van der Waals surface area contributed by atoms with Gasteiger partial charge >= 0.3 is 0 Å². The van der Waals surface area contributed by atoms with Crippen molar-refractivity contribution in [2.75, 3.05) is 11.4 Å². The Hall–Kier alpha value is -1.68. The molecule has 1 aromatic rings. The van der Waals surface area contributed by atoms with E-state index in [0.29, 0.717) is 0 Å². The molecular formula is C21H26N2O2. The molecule has 25 heavy (non-hydrogen) atoms. The highest BCUT2D eigenvalue weighted by Gasteiger charge is 2.69. The third-order valence-electron chi connectivity index (χ3n) is 7.37. The number of hydrogen-bond acceptors (Lipinski definition) is 3. The number of imide groups is 1. The molecule has 4 fully saturated rings. The molecule has 4 aliphatic rings. The van der Waals surface area contributed by atoms with Crippen molar-refractivity contribution in [2.45, 2.75) is 57.0 Å². The fourth-order valence-electron chi connectivity index (χ4n) is 6.23.